The van der Waals surface area contributed by atoms with E-state index in [4.69, 9.17) is 18.9 Å². The van der Waals surface area contributed by atoms with Crippen molar-refractivity contribution in [2.45, 2.75) is 37.8 Å². The highest BCUT2D eigenvalue weighted by molar-refractivity contribution is 5.79. The van der Waals surface area contributed by atoms with Crippen LogP contribution in [0.3, 0.4) is 0 Å². The van der Waals surface area contributed by atoms with Gasteiger partial charge in [0.25, 0.3) is 0 Å². The van der Waals surface area contributed by atoms with Crippen LogP contribution in [0, 0.1) is 0 Å². The smallest absolute Gasteiger partial charge is 0.234 e. The van der Waals surface area contributed by atoms with E-state index in [0.29, 0.717) is 30.2 Å². The van der Waals surface area contributed by atoms with Crippen LogP contribution in [-0.4, -0.2) is 52.3 Å². The maximum Gasteiger partial charge on any atom is 0.234 e. The molecule has 5 rings (SSSR count). The number of methoxy groups -OCH3 is 4. The van der Waals surface area contributed by atoms with Gasteiger partial charge in [0.15, 0.2) is 23.0 Å². The molecule has 0 saturated carbocycles. The summed E-state index contributed by atoms with van der Waals surface area (Å²) in [6.45, 7) is 1.10. The highest BCUT2D eigenvalue weighted by Crippen LogP contribution is 2.40. The van der Waals surface area contributed by atoms with Gasteiger partial charge in [-0.25, -0.2) is 0 Å². The average Bonchev–Trinajstić information content (AvgIpc) is 3.35. The summed E-state index contributed by atoms with van der Waals surface area (Å²) in [5, 5.41) is 3.30. The van der Waals surface area contributed by atoms with Gasteiger partial charge >= 0.3 is 0 Å². The predicted molar refractivity (Wildman–Crippen MR) is 146 cm³/mol. The maximum atomic E-state index is 13.4. The summed E-state index contributed by atoms with van der Waals surface area (Å²) >= 11 is 0. The molecule has 0 fully saturated rings. The van der Waals surface area contributed by atoms with Gasteiger partial charge in [0.2, 0.25) is 5.91 Å². The number of ether oxygens (including phenoxy) is 4. The monoisotopic (exact) mass is 516 g/mol. The second kappa shape index (κ2) is 11.4. The molecule has 1 N–H and O–H groups in total. The maximum absolute atomic E-state index is 13.4. The van der Waals surface area contributed by atoms with E-state index in [1.54, 1.807) is 28.4 Å². The molecule has 1 heterocycles. The highest BCUT2D eigenvalue weighted by atomic mass is 16.5. The lowest BCUT2D eigenvalue weighted by Crippen LogP contribution is -2.44. The van der Waals surface area contributed by atoms with Gasteiger partial charge in [0, 0.05) is 12.6 Å². The van der Waals surface area contributed by atoms with Crippen LogP contribution in [0.2, 0.25) is 0 Å². The number of nitrogens with one attached hydrogen (secondary N) is 1. The molecular weight excluding hydrogens is 480 g/mol. The van der Waals surface area contributed by atoms with E-state index in [2.05, 4.69) is 46.6 Å². The largest absolute Gasteiger partial charge is 0.493 e. The van der Waals surface area contributed by atoms with Crippen molar-refractivity contribution < 1.29 is 23.7 Å². The molecule has 2 atom stereocenters. The van der Waals surface area contributed by atoms with E-state index >= 15 is 0 Å². The van der Waals surface area contributed by atoms with Crippen molar-refractivity contribution in [3.05, 3.63) is 82.4 Å². The van der Waals surface area contributed by atoms with Crippen molar-refractivity contribution in [3.8, 4) is 23.0 Å². The Morgan fingerprint density at radius 1 is 0.816 bits per heavy atom. The van der Waals surface area contributed by atoms with Crippen LogP contribution >= 0.6 is 0 Å². The fourth-order valence-corrected chi connectivity index (χ4v) is 5.87. The summed E-state index contributed by atoms with van der Waals surface area (Å²) in [4.78, 5) is 15.6. The number of hydrogen-bond donors (Lipinski definition) is 1. The molecule has 200 valence electrons. The third kappa shape index (κ3) is 5.16. The third-order valence-electron chi connectivity index (χ3n) is 7.81. The molecule has 1 amide bonds. The Morgan fingerprint density at radius 2 is 1.53 bits per heavy atom. The van der Waals surface area contributed by atoms with Crippen LogP contribution < -0.4 is 24.3 Å². The van der Waals surface area contributed by atoms with Crippen LogP contribution in [0.25, 0.3) is 0 Å². The van der Waals surface area contributed by atoms with Gasteiger partial charge in [-0.3, -0.25) is 9.69 Å². The molecule has 7 heteroatoms. The lowest BCUT2D eigenvalue weighted by Gasteiger charge is -2.38. The van der Waals surface area contributed by atoms with Crippen LogP contribution in [0.1, 0.15) is 46.3 Å². The lowest BCUT2D eigenvalue weighted by molar-refractivity contribution is -0.123. The summed E-state index contributed by atoms with van der Waals surface area (Å²) < 4.78 is 22.2. The second-order valence-electron chi connectivity index (χ2n) is 9.89. The number of hydrogen-bond acceptors (Lipinski definition) is 6. The Kier molecular flexibility index (Phi) is 7.74. The van der Waals surface area contributed by atoms with Crippen molar-refractivity contribution in [3.63, 3.8) is 0 Å². The summed E-state index contributed by atoms with van der Waals surface area (Å²) in [6, 6.07) is 18.6. The number of fused-ring (bicyclic) bond motifs is 2. The first-order chi connectivity index (χ1) is 18.5. The summed E-state index contributed by atoms with van der Waals surface area (Å²) in [7, 11) is 6.59. The molecule has 7 nitrogen and oxygen atoms in total. The van der Waals surface area contributed by atoms with Crippen LogP contribution in [-0.2, 0) is 24.1 Å². The Hall–Kier alpha value is -3.71. The van der Waals surface area contributed by atoms with Crippen molar-refractivity contribution >= 4 is 5.91 Å². The molecule has 1 aliphatic carbocycles. The van der Waals surface area contributed by atoms with Crippen molar-refractivity contribution in [2.24, 2.45) is 0 Å². The van der Waals surface area contributed by atoms with E-state index in [9.17, 15) is 4.79 Å². The van der Waals surface area contributed by atoms with Gasteiger partial charge in [-0.15, -0.1) is 0 Å². The van der Waals surface area contributed by atoms with E-state index in [-0.39, 0.29) is 18.0 Å². The van der Waals surface area contributed by atoms with Crippen LogP contribution in [0.15, 0.2) is 54.6 Å². The first-order valence-corrected chi connectivity index (χ1v) is 13.1. The topological polar surface area (TPSA) is 69.3 Å². The second-order valence-corrected chi connectivity index (χ2v) is 9.89. The van der Waals surface area contributed by atoms with E-state index in [1.165, 1.54) is 16.7 Å². The molecular formula is C31H36N2O5. The number of carbonyl (C=O) groups excluding carboxylic acids is 1. The van der Waals surface area contributed by atoms with Crippen molar-refractivity contribution in [1.82, 2.24) is 10.2 Å². The number of nitrogens with zero attached hydrogens (tertiary/aromatic N) is 1. The van der Waals surface area contributed by atoms with Gasteiger partial charge in [-0.1, -0.05) is 30.3 Å². The zero-order valence-corrected chi connectivity index (χ0v) is 22.6. The molecule has 38 heavy (non-hydrogen) atoms. The highest BCUT2D eigenvalue weighted by Gasteiger charge is 2.32. The Labute approximate surface area is 224 Å². The van der Waals surface area contributed by atoms with Crippen LogP contribution in [0.5, 0.6) is 23.0 Å². The van der Waals surface area contributed by atoms with E-state index in [0.717, 1.165) is 42.7 Å². The Bertz CT molecular complexity index is 1310. The molecule has 0 unspecified atom stereocenters. The minimum absolute atomic E-state index is 0.0155. The summed E-state index contributed by atoms with van der Waals surface area (Å²) in [6.07, 6.45) is 3.49. The molecule has 0 saturated heterocycles. The van der Waals surface area contributed by atoms with Gasteiger partial charge in [0.1, 0.15) is 0 Å². The zero-order chi connectivity index (χ0) is 26.6. The molecule has 3 aromatic rings. The number of rotatable bonds is 9. The van der Waals surface area contributed by atoms with Crippen LogP contribution in [0.4, 0.5) is 0 Å². The quantitative estimate of drug-likeness (QED) is 0.446. The molecule has 3 aromatic carbocycles. The van der Waals surface area contributed by atoms with Gasteiger partial charge < -0.3 is 24.3 Å². The SMILES string of the molecule is COc1ccc(C[C@H]2c3cc(OC)c(OC)cc3CCN2CC(=O)N[C@H]2CCc3ccccc32)cc1OC. The number of benzene rings is 3. The Balaban J connectivity index is 1.42. The number of amides is 1. The third-order valence-corrected chi connectivity index (χ3v) is 7.81. The lowest BCUT2D eigenvalue weighted by atomic mass is 9.88. The van der Waals surface area contributed by atoms with E-state index in [1.807, 2.05) is 18.2 Å². The molecule has 1 aliphatic heterocycles. The fourth-order valence-electron chi connectivity index (χ4n) is 5.87. The molecule has 0 aromatic heterocycles. The van der Waals surface area contributed by atoms with Crippen molar-refractivity contribution in [1.29, 1.82) is 0 Å². The van der Waals surface area contributed by atoms with Gasteiger partial charge in [0.05, 0.1) is 41.0 Å². The first kappa shape index (κ1) is 25.9. The zero-order valence-electron chi connectivity index (χ0n) is 22.6. The molecule has 2 aliphatic rings. The summed E-state index contributed by atoms with van der Waals surface area (Å²) in [5.74, 6) is 2.85. The fraction of sp³-hybridized carbons (Fsp3) is 0.387. The van der Waals surface area contributed by atoms with E-state index < -0.39 is 0 Å². The predicted octanol–water partition coefficient (Wildman–Crippen LogP) is 4.67. The molecule has 0 spiro atoms. The minimum atomic E-state index is -0.0155. The molecule has 0 bridgehead atoms. The number of aryl methyl sites for hydroxylation is 1. The van der Waals surface area contributed by atoms with Gasteiger partial charge in [-0.05, 0) is 77.8 Å². The number of carbonyl (C=O) groups is 1. The summed E-state index contributed by atoms with van der Waals surface area (Å²) in [5.41, 5.74) is 6.04. The van der Waals surface area contributed by atoms with Gasteiger partial charge in [-0.2, -0.15) is 0 Å². The first-order valence-electron chi connectivity index (χ1n) is 13.1. The minimum Gasteiger partial charge on any atom is -0.493 e. The van der Waals surface area contributed by atoms with Crippen molar-refractivity contribution in [2.75, 3.05) is 41.5 Å². The average molecular weight is 517 g/mol. The normalized spacial score (nSPS) is 18.3. The molecule has 0 radical (unpaired) electrons. The Morgan fingerprint density at radius 3 is 2.29 bits per heavy atom. The standard InChI is InChI=1S/C31H36N2O5/c1-35-27-12-9-20(16-28(27)36-2)15-26-24-18-30(38-4)29(37-3)17-22(24)13-14-33(26)19-31(34)32-25-11-10-21-7-5-6-8-23(21)25/h5-9,12,16-18,25-26H,10-11,13-15,19H2,1-4H3,(H,32,34)/t25-,26-/m0/s1.